The minimum atomic E-state index is -0.511. The Morgan fingerprint density at radius 3 is 2.70 bits per heavy atom. The van der Waals surface area contributed by atoms with Gasteiger partial charge in [0.25, 0.3) is 5.91 Å². The van der Waals surface area contributed by atoms with Crippen LogP contribution in [0.1, 0.15) is 39.3 Å². The van der Waals surface area contributed by atoms with Crippen molar-refractivity contribution in [2.45, 2.75) is 12.8 Å². The Kier molecular flexibility index (Phi) is 7.62. The van der Waals surface area contributed by atoms with Gasteiger partial charge in [-0.05, 0) is 49.7 Å². The zero-order valence-electron chi connectivity index (χ0n) is 15.2. The van der Waals surface area contributed by atoms with E-state index >= 15 is 0 Å². The minimum absolute atomic E-state index is 0.185. The largest absolute Gasteiger partial charge is 0.465 e. The summed E-state index contributed by atoms with van der Waals surface area (Å²) < 4.78 is 10.4. The van der Waals surface area contributed by atoms with E-state index in [4.69, 9.17) is 20.6 Å². The molecule has 0 saturated carbocycles. The van der Waals surface area contributed by atoms with Crippen molar-refractivity contribution in [2.75, 3.05) is 26.7 Å². The number of amides is 1. The molecule has 7 nitrogen and oxygen atoms in total. The fourth-order valence-electron chi connectivity index (χ4n) is 2.41. The van der Waals surface area contributed by atoms with E-state index in [0.717, 1.165) is 12.8 Å². The molecule has 1 heterocycles. The van der Waals surface area contributed by atoms with E-state index in [-0.39, 0.29) is 18.2 Å². The van der Waals surface area contributed by atoms with Crippen molar-refractivity contribution in [3.8, 4) is 23.2 Å². The molecule has 0 saturated heterocycles. The maximum Gasteiger partial charge on any atom is 0.339 e. The highest BCUT2D eigenvalue weighted by Crippen LogP contribution is 2.25. The summed E-state index contributed by atoms with van der Waals surface area (Å²) in [7, 11) is 1.30. The van der Waals surface area contributed by atoms with Gasteiger partial charge in [-0.3, -0.25) is 4.79 Å². The van der Waals surface area contributed by atoms with E-state index in [1.807, 2.05) is 0 Å². The average Bonchev–Trinajstić information content (AvgIpc) is 3.19. The van der Waals surface area contributed by atoms with Gasteiger partial charge in [-0.15, -0.1) is 0 Å². The van der Waals surface area contributed by atoms with Crippen LogP contribution in [0.4, 0.5) is 0 Å². The minimum Gasteiger partial charge on any atom is -0.465 e. The van der Waals surface area contributed by atoms with Crippen LogP contribution in [0.15, 0.2) is 34.7 Å². The standard InChI is InChI=1S/C20H23N3O4/c1-26-20(25)16-13-15(7-6-14(16)5-4-11-22)17-8-9-18(27-17)19(24)23-12-3-2-10-21/h6-9,13H,2-3,10-12,21-22H2,1H3,(H,23,24). The molecule has 0 aliphatic heterocycles. The molecule has 0 fully saturated rings. The highest BCUT2D eigenvalue weighted by atomic mass is 16.5. The number of rotatable bonds is 7. The average molecular weight is 369 g/mol. The van der Waals surface area contributed by atoms with Gasteiger partial charge in [-0.1, -0.05) is 11.8 Å². The fourth-order valence-corrected chi connectivity index (χ4v) is 2.41. The monoisotopic (exact) mass is 369 g/mol. The molecule has 1 aromatic heterocycles. The molecular formula is C20H23N3O4. The highest BCUT2D eigenvalue weighted by Gasteiger charge is 2.16. The van der Waals surface area contributed by atoms with Gasteiger partial charge in [0.2, 0.25) is 0 Å². The van der Waals surface area contributed by atoms with Gasteiger partial charge < -0.3 is 25.9 Å². The van der Waals surface area contributed by atoms with Crippen LogP contribution in [0.3, 0.4) is 0 Å². The molecule has 5 N–H and O–H groups in total. The van der Waals surface area contributed by atoms with Gasteiger partial charge in [0.15, 0.2) is 5.76 Å². The van der Waals surface area contributed by atoms with Crippen molar-refractivity contribution in [1.29, 1.82) is 0 Å². The Balaban J connectivity index is 2.22. The topological polar surface area (TPSA) is 121 Å². The Hall–Kier alpha value is -3.08. The molecule has 2 aromatic rings. The highest BCUT2D eigenvalue weighted by molar-refractivity contribution is 5.94. The second-order valence-electron chi connectivity index (χ2n) is 5.67. The molecule has 27 heavy (non-hydrogen) atoms. The number of nitrogens with one attached hydrogen (secondary N) is 1. The molecule has 0 unspecified atom stereocenters. The Bertz CT molecular complexity index is 862. The Labute approximate surface area is 158 Å². The fraction of sp³-hybridized carbons (Fsp3) is 0.300. The van der Waals surface area contributed by atoms with Crippen molar-refractivity contribution >= 4 is 11.9 Å². The predicted molar refractivity (Wildman–Crippen MR) is 102 cm³/mol. The number of hydrogen-bond acceptors (Lipinski definition) is 6. The zero-order valence-corrected chi connectivity index (χ0v) is 15.2. The van der Waals surface area contributed by atoms with Crippen LogP contribution in [0.2, 0.25) is 0 Å². The van der Waals surface area contributed by atoms with E-state index in [9.17, 15) is 9.59 Å². The van der Waals surface area contributed by atoms with Gasteiger partial charge in [-0.2, -0.15) is 0 Å². The number of carbonyl (C=O) groups excluding carboxylic acids is 2. The molecule has 7 heteroatoms. The third kappa shape index (κ3) is 5.45. The van der Waals surface area contributed by atoms with Gasteiger partial charge in [0.1, 0.15) is 5.76 Å². The smallest absolute Gasteiger partial charge is 0.339 e. The predicted octanol–water partition coefficient (Wildman–Crippen LogP) is 1.51. The first kappa shape index (κ1) is 20.2. The molecule has 0 bridgehead atoms. The van der Waals surface area contributed by atoms with Crippen molar-refractivity contribution < 1.29 is 18.7 Å². The summed E-state index contributed by atoms with van der Waals surface area (Å²) >= 11 is 0. The summed E-state index contributed by atoms with van der Waals surface area (Å²) in [5, 5.41) is 2.78. The van der Waals surface area contributed by atoms with Crippen LogP contribution in [-0.4, -0.2) is 38.6 Å². The lowest BCUT2D eigenvalue weighted by atomic mass is 10.0. The lowest BCUT2D eigenvalue weighted by molar-refractivity contribution is 0.0600. The first-order valence-electron chi connectivity index (χ1n) is 8.60. The molecule has 2 rings (SSSR count). The summed E-state index contributed by atoms with van der Waals surface area (Å²) in [5.74, 6) is 5.42. The number of nitrogens with two attached hydrogens (primary N) is 2. The van der Waals surface area contributed by atoms with E-state index in [1.165, 1.54) is 7.11 Å². The molecule has 0 atom stereocenters. The van der Waals surface area contributed by atoms with E-state index < -0.39 is 5.97 Å². The maximum absolute atomic E-state index is 12.1. The van der Waals surface area contributed by atoms with Crippen molar-refractivity contribution in [3.05, 3.63) is 47.2 Å². The molecule has 0 aliphatic rings. The second-order valence-corrected chi connectivity index (χ2v) is 5.67. The maximum atomic E-state index is 12.1. The van der Waals surface area contributed by atoms with Gasteiger partial charge >= 0.3 is 5.97 Å². The third-order valence-electron chi connectivity index (χ3n) is 3.78. The van der Waals surface area contributed by atoms with Crippen LogP contribution in [0.25, 0.3) is 11.3 Å². The summed E-state index contributed by atoms with van der Waals surface area (Å²) in [4.78, 5) is 24.1. The molecule has 1 aromatic carbocycles. The molecule has 0 aliphatic carbocycles. The molecule has 0 spiro atoms. The van der Waals surface area contributed by atoms with Crippen molar-refractivity contribution in [2.24, 2.45) is 11.5 Å². The van der Waals surface area contributed by atoms with E-state index in [0.29, 0.717) is 35.5 Å². The first-order valence-corrected chi connectivity index (χ1v) is 8.60. The molecular weight excluding hydrogens is 346 g/mol. The van der Waals surface area contributed by atoms with Crippen LogP contribution in [-0.2, 0) is 4.74 Å². The number of hydrogen-bond donors (Lipinski definition) is 3. The molecule has 0 radical (unpaired) electrons. The summed E-state index contributed by atoms with van der Waals surface area (Å²) in [5.41, 5.74) is 12.3. The zero-order chi connectivity index (χ0) is 19.6. The Morgan fingerprint density at radius 2 is 2.00 bits per heavy atom. The van der Waals surface area contributed by atoms with Gasteiger partial charge in [0.05, 0.1) is 19.2 Å². The van der Waals surface area contributed by atoms with E-state index in [1.54, 1.807) is 30.3 Å². The number of carbonyl (C=O) groups is 2. The quantitative estimate of drug-likeness (QED) is 0.386. The van der Waals surface area contributed by atoms with Crippen LogP contribution in [0, 0.1) is 11.8 Å². The number of esters is 1. The van der Waals surface area contributed by atoms with Crippen molar-refractivity contribution in [1.82, 2.24) is 5.32 Å². The van der Waals surface area contributed by atoms with Gasteiger partial charge in [0, 0.05) is 17.7 Å². The Morgan fingerprint density at radius 1 is 1.19 bits per heavy atom. The number of furan rings is 1. The SMILES string of the molecule is COC(=O)c1cc(-c2ccc(C(=O)NCCCCN)o2)ccc1C#CCN. The lowest BCUT2D eigenvalue weighted by Gasteiger charge is -2.05. The summed E-state index contributed by atoms with van der Waals surface area (Å²) in [6, 6.07) is 8.34. The number of benzene rings is 1. The number of unbranched alkanes of at least 4 members (excludes halogenated alkanes) is 1. The van der Waals surface area contributed by atoms with Crippen LogP contribution < -0.4 is 16.8 Å². The van der Waals surface area contributed by atoms with Crippen molar-refractivity contribution in [3.63, 3.8) is 0 Å². The van der Waals surface area contributed by atoms with E-state index in [2.05, 4.69) is 17.2 Å². The van der Waals surface area contributed by atoms with Gasteiger partial charge in [-0.25, -0.2) is 4.79 Å². The molecule has 1 amide bonds. The third-order valence-corrected chi connectivity index (χ3v) is 3.78. The van der Waals surface area contributed by atoms with Crippen LogP contribution in [0.5, 0.6) is 0 Å². The lowest BCUT2D eigenvalue weighted by Crippen LogP contribution is -2.24. The number of methoxy groups -OCH3 is 1. The van der Waals surface area contributed by atoms with Crippen LogP contribution >= 0.6 is 0 Å². The number of ether oxygens (including phenoxy) is 1. The second kappa shape index (κ2) is 10.2. The first-order chi connectivity index (χ1) is 13.1. The normalized spacial score (nSPS) is 10.0. The summed E-state index contributed by atoms with van der Waals surface area (Å²) in [6.07, 6.45) is 1.66. The summed E-state index contributed by atoms with van der Waals surface area (Å²) in [6.45, 7) is 1.31. The molecule has 142 valence electrons.